The maximum Gasteiger partial charge on any atom is 0.416 e. The molecule has 0 saturated carbocycles. The molecule has 2 N–H and O–H groups in total. The van der Waals surface area contributed by atoms with Gasteiger partial charge >= 0.3 is 6.18 Å². The lowest BCUT2D eigenvalue weighted by molar-refractivity contribution is -0.138. The summed E-state index contributed by atoms with van der Waals surface area (Å²) in [4.78, 5) is 11.6. The third-order valence-corrected chi connectivity index (χ3v) is 2.72. The van der Waals surface area contributed by atoms with Crippen LogP contribution < -0.4 is 10.6 Å². The molecule has 1 aromatic carbocycles. The van der Waals surface area contributed by atoms with Crippen LogP contribution in [0, 0.1) is 0 Å². The average molecular weight is 325 g/mol. The first-order valence-corrected chi connectivity index (χ1v) is 6.57. The second kappa shape index (κ2) is 9.63. The highest BCUT2D eigenvalue weighted by Crippen LogP contribution is 2.31. The number of alkyl halides is 3. The van der Waals surface area contributed by atoms with Crippen LogP contribution in [0.1, 0.15) is 24.5 Å². The van der Waals surface area contributed by atoms with E-state index in [2.05, 4.69) is 10.6 Å². The highest BCUT2D eigenvalue weighted by molar-refractivity contribution is 5.85. The Labute approximate surface area is 128 Å². The van der Waals surface area contributed by atoms with Crippen molar-refractivity contribution in [2.75, 3.05) is 19.6 Å². The summed E-state index contributed by atoms with van der Waals surface area (Å²) in [7, 11) is 0. The van der Waals surface area contributed by atoms with Crippen LogP contribution in [-0.2, 0) is 17.4 Å². The minimum Gasteiger partial charge on any atom is -0.355 e. The molecule has 3 nitrogen and oxygen atoms in total. The second-order valence-corrected chi connectivity index (χ2v) is 4.43. The van der Waals surface area contributed by atoms with Crippen LogP contribution in [0.2, 0.25) is 0 Å². The number of benzene rings is 1. The summed E-state index contributed by atoms with van der Waals surface area (Å²) >= 11 is 0. The van der Waals surface area contributed by atoms with Crippen molar-refractivity contribution in [2.24, 2.45) is 0 Å². The lowest BCUT2D eigenvalue weighted by atomic mass is 10.0. The summed E-state index contributed by atoms with van der Waals surface area (Å²) in [5, 5.41) is 5.70. The zero-order valence-electron chi connectivity index (χ0n) is 11.8. The normalized spacial score (nSPS) is 10.9. The van der Waals surface area contributed by atoms with Gasteiger partial charge in [-0.25, -0.2) is 0 Å². The van der Waals surface area contributed by atoms with Crippen LogP contribution >= 0.6 is 12.4 Å². The van der Waals surface area contributed by atoms with Gasteiger partial charge in [-0.1, -0.05) is 25.1 Å². The molecule has 0 atom stereocenters. The van der Waals surface area contributed by atoms with Crippen molar-refractivity contribution < 1.29 is 18.0 Å². The predicted molar refractivity (Wildman–Crippen MR) is 78.6 cm³/mol. The van der Waals surface area contributed by atoms with E-state index in [1.165, 1.54) is 18.2 Å². The third-order valence-electron chi connectivity index (χ3n) is 2.72. The highest BCUT2D eigenvalue weighted by Gasteiger charge is 2.33. The molecule has 0 bridgehead atoms. The first-order chi connectivity index (χ1) is 9.45. The van der Waals surface area contributed by atoms with Crippen LogP contribution in [0.3, 0.4) is 0 Å². The van der Waals surface area contributed by atoms with Gasteiger partial charge in [0.15, 0.2) is 0 Å². The Morgan fingerprint density at radius 1 is 1.14 bits per heavy atom. The molecular formula is C14H20ClF3N2O. The van der Waals surface area contributed by atoms with E-state index < -0.39 is 17.6 Å². The van der Waals surface area contributed by atoms with Gasteiger partial charge in [0.25, 0.3) is 0 Å². The van der Waals surface area contributed by atoms with Gasteiger partial charge in [-0.3, -0.25) is 4.79 Å². The Kier molecular flexibility index (Phi) is 9.05. The van der Waals surface area contributed by atoms with Crippen LogP contribution in [-0.4, -0.2) is 25.5 Å². The van der Waals surface area contributed by atoms with E-state index in [0.717, 1.165) is 19.0 Å². The van der Waals surface area contributed by atoms with Crippen molar-refractivity contribution in [3.05, 3.63) is 35.4 Å². The standard InChI is InChI=1S/C14H19F3N2O.ClH/c1-2-7-18-8-9-19-13(20)10-11-5-3-4-6-12(11)14(15,16)17;/h3-6,18H,2,7-10H2,1H3,(H,19,20);1H. The Hall–Kier alpha value is -1.27. The Morgan fingerprint density at radius 2 is 1.81 bits per heavy atom. The molecule has 0 aromatic heterocycles. The fourth-order valence-corrected chi connectivity index (χ4v) is 1.78. The molecule has 1 aromatic rings. The summed E-state index contributed by atoms with van der Waals surface area (Å²) in [6, 6.07) is 5.14. The number of carbonyl (C=O) groups is 1. The van der Waals surface area contributed by atoms with Gasteiger partial charge in [0, 0.05) is 13.1 Å². The van der Waals surface area contributed by atoms with E-state index in [4.69, 9.17) is 0 Å². The summed E-state index contributed by atoms with van der Waals surface area (Å²) in [5.74, 6) is -0.403. The average Bonchev–Trinajstić information content (AvgIpc) is 2.38. The molecule has 0 aliphatic carbocycles. The molecule has 7 heteroatoms. The van der Waals surface area contributed by atoms with Crippen molar-refractivity contribution in [1.82, 2.24) is 10.6 Å². The summed E-state index contributed by atoms with van der Waals surface area (Å²) in [5.41, 5.74) is -0.752. The molecule has 1 rings (SSSR count). The fraction of sp³-hybridized carbons (Fsp3) is 0.500. The number of nitrogens with one attached hydrogen (secondary N) is 2. The Balaban J connectivity index is 0.00000400. The van der Waals surface area contributed by atoms with E-state index in [0.29, 0.717) is 13.1 Å². The SMILES string of the molecule is CCCNCCNC(=O)Cc1ccccc1C(F)(F)F.Cl. The molecule has 1 amide bonds. The molecule has 0 fully saturated rings. The Bertz CT molecular complexity index is 438. The van der Waals surface area contributed by atoms with E-state index in [1.807, 2.05) is 6.92 Å². The first-order valence-electron chi connectivity index (χ1n) is 6.57. The molecule has 120 valence electrons. The van der Waals surface area contributed by atoms with Crippen molar-refractivity contribution in [3.63, 3.8) is 0 Å². The number of hydrogen-bond acceptors (Lipinski definition) is 2. The van der Waals surface area contributed by atoms with E-state index >= 15 is 0 Å². The van der Waals surface area contributed by atoms with Crippen molar-refractivity contribution in [2.45, 2.75) is 25.9 Å². The van der Waals surface area contributed by atoms with Gasteiger partial charge in [0.05, 0.1) is 12.0 Å². The van der Waals surface area contributed by atoms with Gasteiger partial charge in [-0.15, -0.1) is 12.4 Å². The number of hydrogen-bond donors (Lipinski definition) is 2. The van der Waals surface area contributed by atoms with Gasteiger partial charge in [-0.2, -0.15) is 13.2 Å². The maximum atomic E-state index is 12.7. The molecule has 0 unspecified atom stereocenters. The van der Waals surface area contributed by atoms with Crippen LogP contribution in [0.5, 0.6) is 0 Å². The van der Waals surface area contributed by atoms with Crippen LogP contribution in [0.4, 0.5) is 13.2 Å². The molecule has 0 radical (unpaired) electrons. The third kappa shape index (κ3) is 7.34. The second-order valence-electron chi connectivity index (χ2n) is 4.43. The van der Waals surface area contributed by atoms with Gasteiger partial charge in [0.1, 0.15) is 0 Å². The van der Waals surface area contributed by atoms with E-state index in [9.17, 15) is 18.0 Å². The van der Waals surface area contributed by atoms with Crippen LogP contribution in [0.25, 0.3) is 0 Å². The predicted octanol–water partition coefficient (Wildman–Crippen LogP) is 2.79. The maximum absolute atomic E-state index is 12.7. The van der Waals surface area contributed by atoms with Gasteiger partial charge < -0.3 is 10.6 Å². The van der Waals surface area contributed by atoms with E-state index in [-0.39, 0.29) is 24.4 Å². The number of carbonyl (C=O) groups excluding carboxylic acids is 1. The molecule has 0 aliphatic rings. The topological polar surface area (TPSA) is 41.1 Å². The van der Waals surface area contributed by atoms with Crippen molar-refractivity contribution in [1.29, 1.82) is 0 Å². The zero-order valence-corrected chi connectivity index (χ0v) is 12.6. The van der Waals surface area contributed by atoms with Crippen LogP contribution in [0.15, 0.2) is 24.3 Å². The van der Waals surface area contributed by atoms with Crippen molar-refractivity contribution in [3.8, 4) is 0 Å². The summed E-state index contributed by atoms with van der Waals surface area (Å²) < 4.78 is 38.2. The highest BCUT2D eigenvalue weighted by atomic mass is 35.5. The molecule has 21 heavy (non-hydrogen) atoms. The molecule has 0 aliphatic heterocycles. The quantitative estimate of drug-likeness (QED) is 0.757. The number of rotatable bonds is 7. The van der Waals surface area contributed by atoms with Crippen molar-refractivity contribution >= 4 is 18.3 Å². The molecule has 0 heterocycles. The minimum absolute atomic E-state index is 0. The van der Waals surface area contributed by atoms with Gasteiger partial charge in [-0.05, 0) is 24.6 Å². The van der Waals surface area contributed by atoms with Gasteiger partial charge in [0.2, 0.25) is 5.91 Å². The zero-order chi connectivity index (χ0) is 15.0. The number of amides is 1. The molecular weight excluding hydrogens is 305 g/mol. The minimum atomic E-state index is -4.43. The monoisotopic (exact) mass is 324 g/mol. The molecule has 0 spiro atoms. The lowest BCUT2D eigenvalue weighted by Gasteiger charge is -2.12. The largest absolute Gasteiger partial charge is 0.416 e. The summed E-state index contributed by atoms with van der Waals surface area (Å²) in [6.07, 6.45) is -3.70. The summed E-state index contributed by atoms with van der Waals surface area (Å²) in [6.45, 7) is 3.90. The Morgan fingerprint density at radius 3 is 2.43 bits per heavy atom. The molecule has 0 saturated heterocycles. The number of halogens is 4. The van der Waals surface area contributed by atoms with E-state index in [1.54, 1.807) is 0 Å². The fourth-order valence-electron chi connectivity index (χ4n) is 1.78. The smallest absolute Gasteiger partial charge is 0.355 e. The first kappa shape index (κ1) is 19.7. The lowest BCUT2D eigenvalue weighted by Crippen LogP contribution is -2.33.